The first-order valence-corrected chi connectivity index (χ1v) is 4.81. The Morgan fingerprint density at radius 3 is 2.93 bits per heavy atom. The summed E-state index contributed by atoms with van der Waals surface area (Å²) < 4.78 is 41.9. The van der Waals surface area contributed by atoms with E-state index in [0.717, 1.165) is 25.6 Å². The molecule has 1 fully saturated rings. The zero-order chi connectivity index (χ0) is 10.9. The largest absolute Gasteiger partial charge is 0.421 e. The van der Waals surface area contributed by atoms with Gasteiger partial charge >= 0.3 is 6.18 Å². The molecule has 1 aliphatic heterocycles. The molecule has 1 aliphatic rings. The molecular formula is C9H11F3N2O. The minimum Gasteiger partial charge on any atom is -0.361 e. The SMILES string of the molecule is FC(F)(F)c1cnoc1CC1CCCN1. The molecule has 1 saturated heterocycles. The van der Waals surface area contributed by atoms with E-state index in [4.69, 9.17) is 0 Å². The molecule has 0 saturated carbocycles. The summed E-state index contributed by atoms with van der Waals surface area (Å²) in [6.45, 7) is 0.861. The lowest BCUT2D eigenvalue weighted by atomic mass is 10.1. The minimum atomic E-state index is -4.37. The van der Waals surface area contributed by atoms with Gasteiger partial charge in [-0.25, -0.2) is 0 Å². The predicted molar refractivity (Wildman–Crippen MR) is 46.2 cm³/mol. The molecule has 0 radical (unpaired) electrons. The van der Waals surface area contributed by atoms with Crippen molar-refractivity contribution in [3.63, 3.8) is 0 Å². The van der Waals surface area contributed by atoms with Crippen LogP contribution in [0.25, 0.3) is 0 Å². The molecule has 1 aromatic rings. The standard InChI is InChI=1S/C9H11F3N2O/c10-9(11,12)7-5-14-15-8(7)4-6-2-1-3-13-6/h5-6,13H,1-4H2. The van der Waals surface area contributed by atoms with Crippen molar-refractivity contribution >= 4 is 0 Å². The van der Waals surface area contributed by atoms with Crippen molar-refractivity contribution in [1.29, 1.82) is 0 Å². The van der Waals surface area contributed by atoms with Gasteiger partial charge in [0, 0.05) is 12.5 Å². The van der Waals surface area contributed by atoms with Crippen molar-refractivity contribution < 1.29 is 17.7 Å². The molecule has 1 N–H and O–H groups in total. The molecular weight excluding hydrogens is 209 g/mol. The van der Waals surface area contributed by atoms with Crippen LogP contribution in [0.1, 0.15) is 24.2 Å². The summed E-state index contributed by atoms with van der Waals surface area (Å²) in [6, 6.07) is 0.0825. The maximum atomic E-state index is 12.4. The van der Waals surface area contributed by atoms with Crippen LogP contribution in [-0.4, -0.2) is 17.7 Å². The Labute approximate surface area is 84.6 Å². The molecule has 3 nitrogen and oxygen atoms in total. The number of aromatic nitrogens is 1. The van der Waals surface area contributed by atoms with Crippen LogP contribution in [0.15, 0.2) is 10.7 Å². The van der Waals surface area contributed by atoms with E-state index in [1.54, 1.807) is 0 Å². The van der Waals surface area contributed by atoms with Gasteiger partial charge in [-0.05, 0) is 19.4 Å². The zero-order valence-corrected chi connectivity index (χ0v) is 7.97. The van der Waals surface area contributed by atoms with Gasteiger partial charge in [-0.1, -0.05) is 5.16 Å². The van der Waals surface area contributed by atoms with Crippen LogP contribution in [0.5, 0.6) is 0 Å². The molecule has 2 heterocycles. The third-order valence-electron chi connectivity index (χ3n) is 2.54. The van der Waals surface area contributed by atoms with Crippen molar-refractivity contribution in [3.05, 3.63) is 17.5 Å². The fourth-order valence-electron chi connectivity index (χ4n) is 1.80. The highest BCUT2D eigenvalue weighted by molar-refractivity contribution is 5.18. The first kappa shape index (κ1) is 10.5. The van der Waals surface area contributed by atoms with Gasteiger partial charge in [0.1, 0.15) is 5.56 Å². The maximum absolute atomic E-state index is 12.4. The first-order chi connectivity index (χ1) is 7.07. The third-order valence-corrected chi connectivity index (χ3v) is 2.54. The molecule has 6 heteroatoms. The first-order valence-electron chi connectivity index (χ1n) is 4.81. The number of halogens is 3. The van der Waals surface area contributed by atoms with Crippen LogP contribution in [0, 0.1) is 0 Å². The molecule has 1 aromatic heterocycles. The van der Waals surface area contributed by atoms with Crippen molar-refractivity contribution in [2.45, 2.75) is 31.5 Å². The number of hydrogen-bond donors (Lipinski definition) is 1. The van der Waals surface area contributed by atoms with Gasteiger partial charge in [-0.3, -0.25) is 0 Å². The highest BCUT2D eigenvalue weighted by atomic mass is 19.4. The van der Waals surface area contributed by atoms with Crippen LogP contribution < -0.4 is 5.32 Å². The Morgan fingerprint density at radius 1 is 1.53 bits per heavy atom. The molecule has 1 atom stereocenters. The molecule has 0 aliphatic carbocycles. The maximum Gasteiger partial charge on any atom is 0.421 e. The zero-order valence-electron chi connectivity index (χ0n) is 7.97. The molecule has 15 heavy (non-hydrogen) atoms. The van der Waals surface area contributed by atoms with E-state index in [9.17, 15) is 13.2 Å². The summed E-state index contributed by atoms with van der Waals surface area (Å²) in [5.74, 6) is -0.0677. The van der Waals surface area contributed by atoms with E-state index in [1.807, 2.05) is 0 Å². The number of rotatable bonds is 2. The summed E-state index contributed by atoms with van der Waals surface area (Å²) in [5, 5.41) is 6.33. The van der Waals surface area contributed by atoms with Crippen LogP contribution in [0.2, 0.25) is 0 Å². The van der Waals surface area contributed by atoms with Gasteiger partial charge in [0.15, 0.2) is 5.76 Å². The van der Waals surface area contributed by atoms with Crippen molar-refractivity contribution in [2.24, 2.45) is 0 Å². The fraction of sp³-hybridized carbons (Fsp3) is 0.667. The van der Waals surface area contributed by atoms with Crippen molar-refractivity contribution in [1.82, 2.24) is 10.5 Å². The van der Waals surface area contributed by atoms with Gasteiger partial charge < -0.3 is 9.84 Å². The van der Waals surface area contributed by atoms with E-state index >= 15 is 0 Å². The van der Waals surface area contributed by atoms with Crippen LogP contribution in [0.4, 0.5) is 13.2 Å². The highest BCUT2D eigenvalue weighted by Gasteiger charge is 2.37. The topological polar surface area (TPSA) is 38.1 Å². The van der Waals surface area contributed by atoms with Crippen LogP contribution >= 0.6 is 0 Å². The molecule has 0 spiro atoms. The monoisotopic (exact) mass is 220 g/mol. The number of hydrogen-bond acceptors (Lipinski definition) is 3. The van der Waals surface area contributed by atoms with Gasteiger partial charge in [-0.15, -0.1) is 0 Å². The van der Waals surface area contributed by atoms with E-state index in [1.165, 1.54) is 0 Å². The van der Waals surface area contributed by atoms with Crippen molar-refractivity contribution in [2.75, 3.05) is 6.54 Å². The second-order valence-electron chi connectivity index (χ2n) is 3.66. The predicted octanol–water partition coefficient (Wildman–Crippen LogP) is 1.99. The van der Waals surface area contributed by atoms with Gasteiger partial charge in [-0.2, -0.15) is 13.2 Å². The van der Waals surface area contributed by atoms with Gasteiger partial charge in [0.05, 0.1) is 6.20 Å². The van der Waals surface area contributed by atoms with E-state index in [2.05, 4.69) is 15.0 Å². The second kappa shape index (κ2) is 3.84. The lowest BCUT2D eigenvalue weighted by molar-refractivity contribution is -0.138. The van der Waals surface area contributed by atoms with Crippen molar-refractivity contribution in [3.8, 4) is 0 Å². The normalized spacial score (nSPS) is 22.2. The molecule has 1 unspecified atom stereocenters. The fourth-order valence-corrected chi connectivity index (χ4v) is 1.80. The molecule has 2 rings (SSSR count). The number of alkyl halides is 3. The Kier molecular flexibility index (Phi) is 2.68. The van der Waals surface area contributed by atoms with Gasteiger partial charge in [0.25, 0.3) is 0 Å². The van der Waals surface area contributed by atoms with Gasteiger partial charge in [0.2, 0.25) is 0 Å². The summed E-state index contributed by atoms with van der Waals surface area (Å²) in [6.07, 6.45) is -1.48. The smallest absolute Gasteiger partial charge is 0.361 e. The average Bonchev–Trinajstić information content (AvgIpc) is 2.73. The highest BCUT2D eigenvalue weighted by Crippen LogP contribution is 2.32. The Hall–Kier alpha value is -1.04. The quantitative estimate of drug-likeness (QED) is 0.828. The lowest BCUT2D eigenvalue weighted by Gasteiger charge is -2.09. The summed E-state index contributed by atoms with van der Waals surface area (Å²) in [5.41, 5.74) is -0.754. The average molecular weight is 220 g/mol. The van der Waals surface area contributed by atoms with E-state index < -0.39 is 11.7 Å². The Bertz CT molecular complexity index is 328. The molecule has 0 bridgehead atoms. The molecule has 84 valence electrons. The lowest BCUT2D eigenvalue weighted by Crippen LogP contribution is -2.24. The van der Waals surface area contributed by atoms with Crippen LogP contribution in [-0.2, 0) is 12.6 Å². The second-order valence-corrected chi connectivity index (χ2v) is 3.66. The number of nitrogens with zero attached hydrogens (tertiary/aromatic N) is 1. The molecule has 0 amide bonds. The Morgan fingerprint density at radius 2 is 2.33 bits per heavy atom. The molecule has 0 aromatic carbocycles. The number of nitrogens with one attached hydrogen (secondary N) is 1. The summed E-state index contributed by atoms with van der Waals surface area (Å²) in [7, 11) is 0. The van der Waals surface area contributed by atoms with Crippen LogP contribution in [0.3, 0.4) is 0 Å². The Balaban J connectivity index is 2.11. The minimum absolute atomic E-state index is 0.0677. The van der Waals surface area contributed by atoms with E-state index in [0.29, 0.717) is 0 Å². The third kappa shape index (κ3) is 2.31. The summed E-state index contributed by atoms with van der Waals surface area (Å²) in [4.78, 5) is 0. The summed E-state index contributed by atoms with van der Waals surface area (Å²) >= 11 is 0. The van der Waals surface area contributed by atoms with E-state index in [-0.39, 0.29) is 18.2 Å².